The van der Waals surface area contributed by atoms with Crippen molar-refractivity contribution in [2.75, 3.05) is 28.6 Å². The number of nitriles is 1. The molecule has 2 amide bonds. The van der Waals surface area contributed by atoms with Crippen molar-refractivity contribution in [3.63, 3.8) is 0 Å². The zero-order valence-corrected chi connectivity index (χ0v) is 15.9. The Morgan fingerprint density at radius 1 is 1.44 bits per heavy atom. The number of rotatable bonds is 3. The molecule has 2 aliphatic rings. The van der Waals surface area contributed by atoms with Gasteiger partial charge in [0.2, 0.25) is 11.8 Å². The Hall–Kier alpha value is -2.85. The number of carbonyl (C=O) groups is 2. The molecule has 7 heteroatoms. The number of nitrogens with one attached hydrogen (secondary N) is 2. The first-order valence-electron chi connectivity index (χ1n) is 9.03. The topological polar surface area (TPSA) is 85.2 Å². The van der Waals surface area contributed by atoms with Crippen molar-refractivity contribution < 1.29 is 9.59 Å². The van der Waals surface area contributed by atoms with E-state index < -0.39 is 0 Å². The number of hydrogen-bond acceptors (Lipinski definition) is 5. The lowest BCUT2D eigenvalue weighted by Crippen LogP contribution is -2.42. The Labute approximate surface area is 161 Å². The minimum absolute atomic E-state index is 0.0638. The molecule has 0 saturated carbocycles. The Kier molecular flexibility index (Phi) is 4.58. The summed E-state index contributed by atoms with van der Waals surface area (Å²) >= 11 is 1.51. The number of carbonyl (C=O) groups excluding carboxylic acids is 2. The third-order valence-corrected chi connectivity index (χ3v) is 6.23. The fourth-order valence-electron chi connectivity index (χ4n) is 3.74. The van der Waals surface area contributed by atoms with Crippen molar-refractivity contribution in [2.24, 2.45) is 5.92 Å². The van der Waals surface area contributed by atoms with Gasteiger partial charge in [-0.2, -0.15) is 5.26 Å². The number of benzene rings is 1. The van der Waals surface area contributed by atoms with Gasteiger partial charge in [-0.3, -0.25) is 9.59 Å². The highest BCUT2D eigenvalue weighted by Crippen LogP contribution is 2.39. The van der Waals surface area contributed by atoms with E-state index in [2.05, 4.69) is 23.6 Å². The molecular weight excluding hydrogens is 360 g/mol. The van der Waals surface area contributed by atoms with E-state index >= 15 is 0 Å². The maximum Gasteiger partial charge on any atom is 0.244 e. The minimum atomic E-state index is -0.220. The summed E-state index contributed by atoms with van der Waals surface area (Å²) in [5.41, 5.74) is 3.23. The van der Waals surface area contributed by atoms with Crippen LogP contribution < -0.4 is 15.5 Å². The van der Waals surface area contributed by atoms with Crippen LogP contribution in [0.1, 0.15) is 29.3 Å². The fraction of sp³-hybridized carbons (Fsp3) is 0.350. The number of thiophene rings is 1. The van der Waals surface area contributed by atoms with Crippen molar-refractivity contribution in [1.29, 1.82) is 5.26 Å². The Bertz CT molecular complexity index is 959. The van der Waals surface area contributed by atoms with Crippen molar-refractivity contribution in [2.45, 2.75) is 26.2 Å². The summed E-state index contributed by atoms with van der Waals surface area (Å²) < 4.78 is 0. The van der Waals surface area contributed by atoms with Gasteiger partial charge in [0.05, 0.1) is 30.0 Å². The van der Waals surface area contributed by atoms with Gasteiger partial charge in [-0.05, 0) is 42.9 Å². The molecule has 0 bridgehead atoms. The lowest BCUT2D eigenvalue weighted by atomic mass is 9.89. The predicted molar refractivity (Wildman–Crippen MR) is 106 cm³/mol. The van der Waals surface area contributed by atoms with Gasteiger partial charge in [0.1, 0.15) is 11.1 Å². The molecule has 2 N–H and O–H groups in total. The summed E-state index contributed by atoms with van der Waals surface area (Å²) in [6, 6.07) is 9.69. The molecule has 0 radical (unpaired) electrons. The van der Waals surface area contributed by atoms with E-state index in [1.807, 2.05) is 24.3 Å². The van der Waals surface area contributed by atoms with Crippen molar-refractivity contribution >= 4 is 39.5 Å². The monoisotopic (exact) mass is 380 g/mol. The van der Waals surface area contributed by atoms with Gasteiger partial charge in [0, 0.05) is 4.88 Å². The zero-order valence-electron chi connectivity index (χ0n) is 15.0. The molecule has 1 aliphatic carbocycles. The van der Waals surface area contributed by atoms with Crippen LogP contribution in [0.5, 0.6) is 0 Å². The van der Waals surface area contributed by atoms with Crippen LogP contribution in [-0.2, 0) is 22.4 Å². The van der Waals surface area contributed by atoms with Crippen LogP contribution in [0.4, 0.5) is 16.4 Å². The maximum atomic E-state index is 12.7. The SMILES string of the molecule is C[C@@H]1CCc2c(sc(NC(=O)CN3CC(=O)Nc4ccccc43)c2C#N)C1. The first kappa shape index (κ1) is 17.6. The van der Waals surface area contributed by atoms with E-state index in [4.69, 9.17) is 0 Å². The summed E-state index contributed by atoms with van der Waals surface area (Å²) in [5.74, 6) is 0.247. The molecule has 0 saturated heterocycles. The van der Waals surface area contributed by atoms with Crippen molar-refractivity contribution in [3.8, 4) is 6.07 Å². The van der Waals surface area contributed by atoms with E-state index in [-0.39, 0.29) is 24.9 Å². The molecule has 2 heterocycles. The van der Waals surface area contributed by atoms with Crippen LogP contribution in [0.25, 0.3) is 0 Å². The first-order chi connectivity index (χ1) is 13.0. The molecule has 2 aromatic rings. The third kappa shape index (κ3) is 3.40. The second-order valence-electron chi connectivity index (χ2n) is 7.14. The van der Waals surface area contributed by atoms with Gasteiger partial charge in [0.15, 0.2) is 0 Å². The van der Waals surface area contributed by atoms with Crippen LogP contribution in [0.3, 0.4) is 0 Å². The average Bonchev–Trinajstić information content (AvgIpc) is 2.97. The molecule has 1 atom stereocenters. The number of fused-ring (bicyclic) bond motifs is 2. The van der Waals surface area contributed by atoms with Gasteiger partial charge in [-0.1, -0.05) is 19.1 Å². The molecule has 0 fully saturated rings. The van der Waals surface area contributed by atoms with E-state index in [1.54, 1.807) is 4.90 Å². The summed E-state index contributed by atoms with van der Waals surface area (Å²) in [6.45, 7) is 2.41. The van der Waals surface area contributed by atoms with Gasteiger partial charge in [-0.15, -0.1) is 11.3 Å². The molecule has 138 valence electrons. The summed E-state index contributed by atoms with van der Waals surface area (Å²) in [5, 5.41) is 15.9. The molecule has 1 aromatic heterocycles. The number of anilines is 3. The molecule has 6 nitrogen and oxygen atoms in total. The normalized spacial score (nSPS) is 18.1. The van der Waals surface area contributed by atoms with Crippen LogP contribution in [0.15, 0.2) is 24.3 Å². The standard InChI is InChI=1S/C20H20N4O2S/c1-12-6-7-13-14(9-21)20(27-17(13)8-12)23-19(26)11-24-10-18(25)22-15-4-2-3-5-16(15)24/h2-5,12H,6-8,10-11H2,1H3,(H,22,25)(H,23,26)/t12-/m1/s1. The molecule has 0 unspecified atom stereocenters. The van der Waals surface area contributed by atoms with Gasteiger partial charge >= 0.3 is 0 Å². The van der Waals surface area contributed by atoms with E-state index in [1.165, 1.54) is 16.2 Å². The van der Waals surface area contributed by atoms with Crippen molar-refractivity contribution in [1.82, 2.24) is 0 Å². The van der Waals surface area contributed by atoms with Gasteiger partial charge in [-0.25, -0.2) is 0 Å². The maximum absolute atomic E-state index is 12.7. The van der Waals surface area contributed by atoms with Gasteiger partial charge < -0.3 is 15.5 Å². The molecular formula is C20H20N4O2S. The van der Waals surface area contributed by atoms with E-state index in [0.717, 1.165) is 30.5 Å². The van der Waals surface area contributed by atoms with E-state index in [0.29, 0.717) is 22.2 Å². The third-order valence-electron chi connectivity index (χ3n) is 5.06. The minimum Gasteiger partial charge on any atom is -0.351 e. The Morgan fingerprint density at radius 3 is 3.07 bits per heavy atom. The molecule has 1 aliphatic heterocycles. The number of nitrogens with zero attached hydrogens (tertiary/aromatic N) is 2. The average molecular weight is 380 g/mol. The molecule has 0 spiro atoms. The second-order valence-corrected chi connectivity index (χ2v) is 8.24. The van der Waals surface area contributed by atoms with Gasteiger partial charge in [0.25, 0.3) is 0 Å². The zero-order chi connectivity index (χ0) is 19.0. The Morgan fingerprint density at radius 2 is 2.26 bits per heavy atom. The number of hydrogen-bond donors (Lipinski definition) is 2. The van der Waals surface area contributed by atoms with Crippen molar-refractivity contribution in [3.05, 3.63) is 40.3 Å². The summed E-state index contributed by atoms with van der Waals surface area (Å²) in [7, 11) is 0. The van der Waals surface area contributed by atoms with Crippen LogP contribution >= 0.6 is 11.3 Å². The highest BCUT2D eigenvalue weighted by Gasteiger charge is 2.26. The quantitative estimate of drug-likeness (QED) is 0.857. The van der Waals surface area contributed by atoms with E-state index in [9.17, 15) is 14.9 Å². The highest BCUT2D eigenvalue weighted by atomic mass is 32.1. The molecule has 27 heavy (non-hydrogen) atoms. The van der Waals surface area contributed by atoms with Crippen LogP contribution in [0.2, 0.25) is 0 Å². The smallest absolute Gasteiger partial charge is 0.244 e. The fourth-order valence-corrected chi connectivity index (χ4v) is 5.12. The second kappa shape index (κ2) is 7.05. The largest absolute Gasteiger partial charge is 0.351 e. The summed E-state index contributed by atoms with van der Waals surface area (Å²) in [4.78, 5) is 27.5. The lowest BCUT2D eigenvalue weighted by Gasteiger charge is -2.30. The number of amides is 2. The Balaban J connectivity index is 1.53. The molecule has 1 aromatic carbocycles. The van der Waals surface area contributed by atoms with Crippen LogP contribution in [-0.4, -0.2) is 24.9 Å². The number of para-hydroxylation sites is 2. The predicted octanol–water partition coefficient (Wildman–Crippen LogP) is 3.14. The first-order valence-corrected chi connectivity index (χ1v) is 9.85. The lowest BCUT2D eigenvalue weighted by molar-refractivity contribution is -0.115. The summed E-state index contributed by atoms with van der Waals surface area (Å²) in [6.07, 6.45) is 2.93. The molecule has 4 rings (SSSR count). The van der Waals surface area contributed by atoms with Crippen LogP contribution in [0, 0.1) is 17.2 Å². The highest BCUT2D eigenvalue weighted by molar-refractivity contribution is 7.16.